The van der Waals surface area contributed by atoms with Crippen LogP contribution < -0.4 is 4.72 Å². The Morgan fingerprint density at radius 3 is 2.60 bits per heavy atom. The van der Waals surface area contributed by atoms with Crippen molar-refractivity contribution >= 4 is 10.0 Å². The monoisotopic (exact) mass is 236 g/mol. The van der Waals surface area contributed by atoms with Gasteiger partial charge in [0.05, 0.1) is 11.9 Å². The maximum Gasteiger partial charge on any atom is 0.208 e. The highest BCUT2D eigenvalue weighted by Gasteiger charge is 2.28. The molecule has 1 rings (SSSR count). The van der Waals surface area contributed by atoms with Crippen LogP contribution in [0, 0.1) is 0 Å². The van der Waals surface area contributed by atoms with Gasteiger partial charge in [-0.15, -0.1) is 0 Å². The lowest BCUT2D eigenvalue weighted by Gasteiger charge is -2.25. The van der Waals surface area contributed by atoms with Crippen molar-refractivity contribution in [3.63, 3.8) is 0 Å². The molecule has 1 aliphatic rings. The summed E-state index contributed by atoms with van der Waals surface area (Å²) in [6.07, 6.45) is 1.98. The van der Waals surface area contributed by atoms with Gasteiger partial charge in [0.1, 0.15) is 0 Å². The van der Waals surface area contributed by atoms with E-state index < -0.39 is 15.6 Å². The van der Waals surface area contributed by atoms with E-state index in [2.05, 4.69) is 9.62 Å². The molecule has 0 spiro atoms. The van der Waals surface area contributed by atoms with Gasteiger partial charge in [0.2, 0.25) is 10.0 Å². The Labute approximate surface area is 91.5 Å². The van der Waals surface area contributed by atoms with E-state index in [1.807, 2.05) is 0 Å². The van der Waals surface area contributed by atoms with Crippen molar-refractivity contribution < 1.29 is 13.5 Å². The van der Waals surface area contributed by atoms with Crippen LogP contribution in [0.3, 0.4) is 0 Å². The van der Waals surface area contributed by atoms with E-state index in [-0.39, 0.29) is 6.04 Å². The van der Waals surface area contributed by atoms with Gasteiger partial charge in [-0.1, -0.05) is 0 Å². The van der Waals surface area contributed by atoms with Gasteiger partial charge < -0.3 is 5.11 Å². The third-order valence-electron chi connectivity index (χ3n) is 2.26. The molecule has 5 nitrogen and oxygen atoms in total. The molecule has 1 atom stereocenters. The fourth-order valence-electron chi connectivity index (χ4n) is 1.92. The molecule has 0 aromatic carbocycles. The molecule has 1 heterocycles. The summed E-state index contributed by atoms with van der Waals surface area (Å²) in [5.74, 6) is 0. The average Bonchev–Trinajstić information content (AvgIpc) is 2.28. The third kappa shape index (κ3) is 5.46. The fourth-order valence-corrected chi connectivity index (χ4v) is 2.72. The van der Waals surface area contributed by atoms with Gasteiger partial charge in [0.25, 0.3) is 0 Å². The maximum absolute atomic E-state index is 11.0. The lowest BCUT2D eigenvalue weighted by Crippen LogP contribution is -2.40. The van der Waals surface area contributed by atoms with Crippen molar-refractivity contribution in [1.29, 1.82) is 0 Å². The van der Waals surface area contributed by atoms with Crippen LogP contribution in [0.1, 0.15) is 20.3 Å². The Morgan fingerprint density at radius 2 is 2.13 bits per heavy atom. The summed E-state index contributed by atoms with van der Waals surface area (Å²) in [7, 11) is -3.11. The standard InChI is InChI=1S/C9H20N2O3S/c1-9(2,12)7-11-5-4-8(6-11)10-15(3,13)14/h8,10,12H,4-7H2,1-3H3. The first-order valence-electron chi connectivity index (χ1n) is 5.08. The molecule has 1 aliphatic heterocycles. The van der Waals surface area contributed by atoms with Crippen LogP contribution in [0.25, 0.3) is 0 Å². The van der Waals surface area contributed by atoms with E-state index in [9.17, 15) is 13.5 Å². The number of rotatable bonds is 4. The van der Waals surface area contributed by atoms with E-state index in [0.29, 0.717) is 13.1 Å². The van der Waals surface area contributed by atoms with E-state index >= 15 is 0 Å². The van der Waals surface area contributed by atoms with E-state index in [1.165, 1.54) is 6.26 Å². The minimum absolute atomic E-state index is 0.0117. The molecule has 0 amide bonds. The second kappa shape index (κ2) is 4.37. The summed E-state index contributed by atoms with van der Waals surface area (Å²) in [4.78, 5) is 2.07. The molecule has 1 saturated heterocycles. The van der Waals surface area contributed by atoms with Crippen molar-refractivity contribution in [2.45, 2.75) is 31.9 Å². The predicted molar refractivity (Wildman–Crippen MR) is 59.1 cm³/mol. The molecule has 2 N–H and O–H groups in total. The van der Waals surface area contributed by atoms with Gasteiger partial charge in [-0.3, -0.25) is 4.90 Å². The Morgan fingerprint density at radius 1 is 1.53 bits per heavy atom. The van der Waals surface area contributed by atoms with Crippen molar-refractivity contribution in [3.05, 3.63) is 0 Å². The highest BCUT2D eigenvalue weighted by molar-refractivity contribution is 7.88. The zero-order valence-electron chi connectivity index (χ0n) is 9.52. The number of likely N-dealkylation sites (tertiary alicyclic amines) is 1. The summed E-state index contributed by atoms with van der Waals surface area (Å²) in [6.45, 7) is 5.60. The predicted octanol–water partition coefficient (Wildman–Crippen LogP) is -0.619. The number of sulfonamides is 1. The van der Waals surface area contributed by atoms with Crippen LogP contribution >= 0.6 is 0 Å². The van der Waals surface area contributed by atoms with Crippen LogP contribution in [-0.2, 0) is 10.0 Å². The smallest absolute Gasteiger partial charge is 0.208 e. The Kier molecular flexibility index (Phi) is 3.76. The Bertz CT molecular complexity index is 308. The summed E-state index contributed by atoms with van der Waals surface area (Å²) in [5, 5.41) is 9.62. The number of hydrogen-bond donors (Lipinski definition) is 2. The van der Waals surface area contributed by atoms with Crippen LogP contribution in [0.4, 0.5) is 0 Å². The molecule has 15 heavy (non-hydrogen) atoms. The number of nitrogens with zero attached hydrogens (tertiary/aromatic N) is 1. The molecule has 90 valence electrons. The largest absolute Gasteiger partial charge is 0.389 e. The zero-order chi connectivity index (χ0) is 11.7. The summed E-state index contributed by atoms with van der Waals surface area (Å²) < 4.78 is 24.6. The lowest BCUT2D eigenvalue weighted by molar-refractivity contribution is 0.0435. The van der Waals surface area contributed by atoms with Crippen molar-refractivity contribution in [3.8, 4) is 0 Å². The molecule has 0 saturated carbocycles. The van der Waals surface area contributed by atoms with Crippen molar-refractivity contribution in [2.24, 2.45) is 0 Å². The topological polar surface area (TPSA) is 69.6 Å². The number of nitrogens with one attached hydrogen (secondary N) is 1. The SMILES string of the molecule is CC(C)(O)CN1CCC(NS(C)(=O)=O)C1. The van der Waals surface area contributed by atoms with Gasteiger partial charge in [-0.2, -0.15) is 0 Å². The Hall–Kier alpha value is -0.170. The van der Waals surface area contributed by atoms with Gasteiger partial charge in [-0.25, -0.2) is 13.1 Å². The molecule has 0 aromatic rings. The lowest BCUT2D eigenvalue weighted by atomic mass is 10.1. The highest BCUT2D eigenvalue weighted by Crippen LogP contribution is 2.13. The van der Waals surface area contributed by atoms with Gasteiger partial charge in [0.15, 0.2) is 0 Å². The van der Waals surface area contributed by atoms with Crippen LogP contribution in [0.15, 0.2) is 0 Å². The fraction of sp³-hybridized carbons (Fsp3) is 1.00. The zero-order valence-corrected chi connectivity index (χ0v) is 10.3. The molecule has 0 aliphatic carbocycles. The van der Waals surface area contributed by atoms with E-state index in [1.54, 1.807) is 13.8 Å². The van der Waals surface area contributed by atoms with Crippen molar-refractivity contribution in [1.82, 2.24) is 9.62 Å². The first-order chi connectivity index (χ1) is 6.66. The first kappa shape index (κ1) is 12.9. The minimum Gasteiger partial charge on any atom is -0.389 e. The molecular weight excluding hydrogens is 216 g/mol. The maximum atomic E-state index is 11.0. The molecule has 0 radical (unpaired) electrons. The third-order valence-corrected chi connectivity index (χ3v) is 3.03. The van der Waals surface area contributed by atoms with Crippen LogP contribution in [0.2, 0.25) is 0 Å². The number of β-amino-alcohol motifs (C(OH)–C–C–N with tert-alkyl or cyclic N) is 1. The normalized spacial score (nSPS) is 24.7. The van der Waals surface area contributed by atoms with Crippen molar-refractivity contribution in [2.75, 3.05) is 25.9 Å². The molecule has 1 unspecified atom stereocenters. The first-order valence-corrected chi connectivity index (χ1v) is 6.97. The summed E-state index contributed by atoms with van der Waals surface area (Å²) in [6, 6.07) is -0.0117. The molecule has 0 aromatic heterocycles. The molecule has 0 bridgehead atoms. The quantitative estimate of drug-likeness (QED) is 0.682. The average molecular weight is 236 g/mol. The second-order valence-corrected chi connectivity index (χ2v) is 6.70. The van der Waals surface area contributed by atoms with Crippen LogP contribution in [-0.4, -0.2) is 56.0 Å². The summed E-state index contributed by atoms with van der Waals surface area (Å²) in [5.41, 5.74) is -0.722. The van der Waals surface area contributed by atoms with E-state index in [4.69, 9.17) is 0 Å². The number of hydrogen-bond acceptors (Lipinski definition) is 4. The molecule has 1 fully saturated rings. The Balaban J connectivity index is 2.40. The summed E-state index contributed by atoms with van der Waals surface area (Å²) >= 11 is 0. The van der Waals surface area contributed by atoms with Gasteiger partial charge >= 0.3 is 0 Å². The van der Waals surface area contributed by atoms with Gasteiger partial charge in [0, 0.05) is 19.1 Å². The van der Waals surface area contributed by atoms with Crippen LogP contribution in [0.5, 0.6) is 0 Å². The number of aliphatic hydroxyl groups is 1. The van der Waals surface area contributed by atoms with Gasteiger partial charge in [-0.05, 0) is 26.8 Å². The molecule has 6 heteroatoms. The highest BCUT2D eigenvalue weighted by atomic mass is 32.2. The minimum atomic E-state index is -3.11. The second-order valence-electron chi connectivity index (χ2n) is 4.92. The molecular formula is C9H20N2O3S. The van der Waals surface area contributed by atoms with E-state index in [0.717, 1.165) is 13.0 Å².